The SMILES string of the molecule is O=C(Nc1ccccc1Br)c1cc(Cl)c[nH]c1=O. The highest BCUT2D eigenvalue weighted by atomic mass is 79.9. The standard InChI is InChI=1S/C12H8BrClN2O2/c13-9-3-1-2-4-10(9)16-12(18)8-5-7(14)6-15-11(8)17/h1-6H,(H,15,17)(H,16,18). The molecule has 6 heteroatoms. The van der Waals surface area contributed by atoms with Crippen molar-refractivity contribution in [2.45, 2.75) is 0 Å². The molecule has 0 aliphatic rings. The van der Waals surface area contributed by atoms with E-state index in [0.717, 1.165) is 4.47 Å². The molecule has 0 aliphatic heterocycles. The molecule has 2 N–H and O–H groups in total. The number of hydrogen-bond acceptors (Lipinski definition) is 2. The minimum absolute atomic E-state index is 0.0294. The number of aromatic nitrogens is 1. The number of halogens is 2. The minimum atomic E-state index is -0.509. The largest absolute Gasteiger partial charge is 0.327 e. The zero-order chi connectivity index (χ0) is 13.1. The fourth-order valence-corrected chi connectivity index (χ4v) is 1.93. The summed E-state index contributed by atoms with van der Waals surface area (Å²) in [6, 6.07) is 8.44. The molecule has 2 rings (SSSR count). The van der Waals surface area contributed by atoms with Crippen molar-refractivity contribution in [1.29, 1.82) is 0 Å². The van der Waals surface area contributed by atoms with Crippen LogP contribution in [0.1, 0.15) is 10.4 Å². The number of hydrogen-bond donors (Lipinski definition) is 2. The van der Waals surface area contributed by atoms with Crippen LogP contribution in [0, 0.1) is 0 Å². The Kier molecular flexibility index (Phi) is 3.84. The second-order valence-corrected chi connectivity index (χ2v) is 4.79. The van der Waals surface area contributed by atoms with Crippen molar-refractivity contribution in [1.82, 2.24) is 4.98 Å². The van der Waals surface area contributed by atoms with Gasteiger partial charge in [-0.1, -0.05) is 23.7 Å². The fraction of sp³-hybridized carbons (Fsp3) is 0. The quantitative estimate of drug-likeness (QED) is 0.890. The van der Waals surface area contributed by atoms with Gasteiger partial charge in [0.2, 0.25) is 0 Å². The number of pyridine rings is 1. The van der Waals surface area contributed by atoms with E-state index in [0.29, 0.717) is 10.7 Å². The lowest BCUT2D eigenvalue weighted by atomic mass is 10.2. The Morgan fingerprint density at radius 3 is 2.78 bits per heavy atom. The van der Waals surface area contributed by atoms with E-state index in [4.69, 9.17) is 11.6 Å². The first-order chi connectivity index (χ1) is 8.58. The molecule has 1 heterocycles. The Morgan fingerprint density at radius 1 is 1.33 bits per heavy atom. The first kappa shape index (κ1) is 12.9. The van der Waals surface area contributed by atoms with Crippen molar-refractivity contribution in [2.75, 3.05) is 5.32 Å². The van der Waals surface area contributed by atoms with E-state index in [2.05, 4.69) is 26.2 Å². The van der Waals surface area contributed by atoms with Crippen LogP contribution in [0.5, 0.6) is 0 Å². The maximum Gasteiger partial charge on any atom is 0.261 e. The van der Waals surface area contributed by atoms with E-state index in [1.165, 1.54) is 12.3 Å². The molecule has 0 spiro atoms. The molecule has 1 aromatic carbocycles. The number of H-pyrrole nitrogens is 1. The number of carbonyl (C=O) groups is 1. The molecular weight excluding hydrogens is 320 g/mol. The number of anilines is 1. The summed E-state index contributed by atoms with van der Waals surface area (Å²) in [5.74, 6) is -0.509. The topological polar surface area (TPSA) is 62.0 Å². The van der Waals surface area contributed by atoms with Gasteiger partial charge in [-0.25, -0.2) is 0 Å². The van der Waals surface area contributed by atoms with Gasteiger partial charge in [-0.05, 0) is 34.1 Å². The van der Waals surface area contributed by atoms with E-state index in [9.17, 15) is 9.59 Å². The van der Waals surface area contributed by atoms with Crippen LogP contribution in [0.2, 0.25) is 5.02 Å². The summed E-state index contributed by atoms with van der Waals surface area (Å²) >= 11 is 9.04. The normalized spacial score (nSPS) is 10.1. The summed E-state index contributed by atoms with van der Waals surface area (Å²) in [6.07, 6.45) is 1.33. The molecule has 0 unspecified atom stereocenters. The van der Waals surface area contributed by atoms with Gasteiger partial charge in [-0.15, -0.1) is 0 Å². The molecule has 1 amide bonds. The van der Waals surface area contributed by atoms with Gasteiger partial charge in [0.15, 0.2) is 0 Å². The highest BCUT2D eigenvalue weighted by Crippen LogP contribution is 2.21. The monoisotopic (exact) mass is 326 g/mol. The Hall–Kier alpha value is -1.59. The predicted molar refractivity (Wildman–Crippen MR) is 74.2 cm³/mol. The Balaban J connectivity index is 2.31. The van der Waals surface area contributed by atoms with Crippen molar-refractivity contribution in [3.8, 4) is 0 Å². The molecule has 92 valence electrons. The van der Waals surface area contributed by atoms with Crippen LogP contribution in [-0.2, 0) is 0 Å². The van der Waals surface area contributed by atoms with E-state index in [-0.39, 0.29) is 5.56 Å². The number of para-hydroxylation sites is 1. The molecule has 0 saturated carbocycles. The first-order valence-electron chi connectivity index (χ1n) is 5.02. The minimum Gasteiger partial charge on any atom is -0.327 e. The van der Waals surface area contributed by atoms with Gasteiger partial charge in [0.05, 0.1) is 10.7 Å². The smallest absolute Gasteiger partial charge is 0.261 e. The first-order valence-corrected chi connectivity index (χ1v) is 6.19. The van der Waals surface area contributed by atoms with Crippen molar-refractivity contribution in [2.24, 2.45) is 0 Å². The Labute approximate surface area is 116 Å². The third kappa shape index (κ3) is 2.80. The lowest BCUT2D eigenvalue weighted by Crippen LogP contribution is -2.22. The van der Waals surface area contributed by atoms with Crippen LogP contribution < -0.4 is 10.9 Å². The third-order valence-corrected chi connectivity index (χ3v) is 3.14. The van der Waals surface area contributed by atoms with Crippen LogP contribution in [0.25, 0.3) is 0 Å². The molecule has 0 fully saturated rings. The zero-order valence-corrected chi connectivity index (χ0v) is 11.4. The summed E-state index contributed by atoms with van der Waals surface area (Å²) in [7, 11) is 0. The molecule has 0 bridgehead atoms. The average molecular weight is 328 g/mol. The number of rotatable bonds is 2. The number of nitrogens with one attached hydrogen (secondary N) is 2. The summed E-state index contributed by atoms with van der Waals surface area (Å²) in [6.45, 7) is 0. The van der Waals surface area contributed by atoms with Gasteiger partial charge < -0.3 is 10.3 Å². The van der Waals surface area contributed by atoms with Crippen molar-refractivity contribution < 1.29 is 4.79 Å². The van der Waals surface area contributed by atoms with Gasteiger partial charge in [-0.2, -0.15) is 0 Å². The Morgan fingerprint density at radius 2 is 2.06 bits per heavy atom. The summed E-state index contributed by atoms with van der Waals surface area (Å²) in [4.78, 5) is 25.8. The van der Waals surface area contributed by atoms with E-state index < -0.39 is 11.5 Å². The maximum atomic E-state index is 11.9. The van der Waals surface area contributed by atoms with Crippen LogP contribution in [-0.4, -0.2) is 10.9 Å². The zero-order valence-electron chi connectivity index (χ0n) is 9.04. The molecule has 0 saturated heterocycles. The van der Waals surface area contributed by atoms with Crippen LogP contribution in [0.15, 0.2) is 45.8 Å². The molecule has 18 heavy (non-hydrogen) atoms. The number of amides is 1. The lowest BCUT2D eigenvalue weighted by molar-refractivity contribution is 0.102. The van der Waals surface area contributed by atoms with Crippen molar-refractivity contribution >= 4 is 39.1 Å². The highest BCUT2D eigenvalue weighted by Gasteiger charge is 2.12. The number of carbonyl (C=O) groups excluding carboxylic acids is 1. The maximum absolute atomic E-state index is 11.9. The third-order valence-electron chi connectivity index (χ3n) is 2.23. The molecular formula is C12H8BrClN2O2. The highest BCUT2D eigenvalue weighted by molar-refractivity contribution is 9.10. The second-order valence-electron chi connectivity index (χ2n) is 3.49. The van der Waals surface area contributed by atoms with Crippen molar-refractivity contribution in [3.05, 3.63) is 61.9 Å². The van der Waals surface area contributed by atoms with Crippen LogP contribution in [0.4, 0.5) is 5.69 Å². The summed E-state index contributed by atoms with van der Waals surface area (Å²) < 4.78 is 0.733. The van der Waals surface area contributed by atoms with Gasteiger partial charge >= 0.3 is 0 Å². The number of benzene rings is 1. The number of aromatic amines is 1. The predicted octanol–water partition coefficient (Wildman–Crippen LogP) is 3.04. The molecule has 0 aliphatic carbocycles. The van der Waals surface area contributed by atoms with Crippen molar-refractivity contribution in [3.63, 3.8) is 0 Å². The van der Waals surface area contributed by atoms with Gasteiger partial charge in [0, 0.05) is 10.7 Å². The lowest BCUT2D eigenvalue weighted by Gasteiger charge is -2.06. The molecule has 1 aromatic heterocycles. The molecule has 4 nitrogen and oxygen atoms in total. The average Bonchev–Trinajstić information content (AvgIpc) is 2.35. The molecule has 0 radical (unpaired) electrons. The van der Waals surface area contributed by atoms with Crippen LogP contribution in [0.3, 0.4) is 0 Å². The molecule has 0 atom stereocenters. The summed E-state index contributed by atoms with van der Waals surface area (Å²) in [5, 5.41) is 2.93. The van der Waals surface area contributed by atoms with E-state index in [1.807, 2.05) is 6.07 Å². The van der Waals surface area contributed by atoms with Crippen LogP contribution >= 0.6 is 27.5 Å². The van der Waals surface area contributed by atoms with Gasteiger partial charge in [0.25, 0.3) is 11.5 Å². The molecule has 2 aromatic rings. The fourth-order valence-electron chi connectivity index (χ4n) is 1.38. The Bertz CT molecular complexity index is 655. The second kappa shape index (κ2) is 5.37. The van der Waals surface area contributed by atoms with E-state index >= 15 is 0 Å². The van der Waals surface area contributed by atoms with Gasteiger partial charge in [0.1, 0.15) is 5.56 Å². The van der Waals surface area contributed by atoms with E-state index in [1.54, 1.807) is 18.2 Å². The summed E-state index contributed by atoms with van der Waals surface area (Å²) in [5.41, 5.74) is 0.0732. The van der Waals surface area contributed by atoms with Gasteiger partial charge in [-0.3, -0.25) is 9.59 Å².